The zero-order chi connectivity index (χ0) is 26.3. The molecule has 1 atom stereocenters. The van der Waals surface area contributed by atoms with Crippen molar-refractivity contribution in [3.05, 3.63) is 82.5 Å². The van der Waals surface area contributed by atoms with E-state index in [4.69, 9.17) is 16.3 Å². The van der Waals surface area contributed by atoms with Crippen LogP contribution in [-0.2, 0) is 11.3 Å². The molecule has 2 aromatic carbocycles. The molecule has 5 nitrogen and oxygen atoms in total. The van der Waals surface area contributed by atoms with Gasteiger partial charge < -0.3 is 19.1 Å². The van der Waals surface area contributed by atoms with Gasteiger partial charge in [-0.15, -0.1) is 13.2 Å². The van der Waals surface area contributed by atoms with Crippen LogP contribution in [0.2, 0.25) is 0 Å². The number of hydrogen-bond acceptors (Lipinski definition) is 3. The lowest BCUT2D eigenvalue weighted by molar-refractivity contribution is -0.274. The average Bonchev–Trinajstić information content (AvgIpc) is 3.04. The molecule has 0 spiro atoms. The van der Waals surface area contributed by atoms with Crippen LogP contribution in [0.1, 0.15) is 43.0 Å². The molecule has 1 N–H and O–H groups in total. The van der Waals surface area contributed by atoms with Crippen molar-refractivity contribution in [3.63, 3.8) is 0 Å². The number of aromatic nitrogens is 1. The Bertz CT molecular complexity index is 1370. The Morgan fingerprint density at radius 2 is 1.86 bits per heavy atom. The highest BCUT2D eigenvalue weighted by molar-refractivity contribution is 6.31. The molecule has 0 saturated heterocycles. The maximum atomic E-state index is 12.9. The summed E-state index contributed by atoms with van der Waals surface area (Å²) in [5.41, 5.74) is 1.86. The van der Waals surface area contributed by atoms with Crippen molar-refractivity contribution in [2.24, 2.45) is 0 Å². The molecular weight excluding hydrogens is 495 g/mol. The highest BCUT2D eigenvalue weighted by Gasteiger charge is 2.32. The summed E-state index contributed by atoms with van der Waals surface area (Å²) >= 11 is 6.10. The molecule has 0 aliphatic heterocycles. The monoisotopic (exact) mass is 519 g/mol. The average molecular weight is 520 g/mol. The summed E-state index contributed by atoms with van der Waals surface area (Å²) in [6, 6.07) is 11.4. The summed E-state index contributed by atoms with van der Waals surface area (Å²) in [6.07, 6.45) is 1.60. The number of allylic oxidation sites excluding steroid dienone is 4. The molecule has 1 aromatic heterocycles. The first-order valence-corrected chi connectivity index (χ1v) is 11.7. The summed E-state index contributed by atoms with van der Waals surface area (Å²) in [6.45, 7) is 5.17. The number of aliphatic carboxylic acids is 1. The molecule has 0 bridgehead atoms. The predicted molar refractivity (Wildman–Crippen MR) is 132 cm³/mol. The van der Waals surface area contributed by atoms with Gasteiger partial charge in [0, 0.05) is 34.6 Å². The molecule has 1 aliphatic rings. The van der Waals surface area contributed by atoms with E-state index in [9.17, 15) is 23.1 Å². The van der Waals surface area contributed by atoms with Gasteiger partial charge in [0.05, 0.1) is 5.52 Å². The van der Waals surface area contributed by atoms with Gasteiger partial charge >= 0.3 is 12.3 Å². The van der Waals surface area contributed by atoms with Crippen LogP contribution >= 0.6 is 11.6 Å². The molecule has 0 radical (unpaired) electrons. The lowest BCUT2D eigenvalue weighted by Gasteiger charge is -2.22. The van der Waals surface area contributed by atoms with Gasteiger partial charge in [0.2, 0.25) is 0 Å². The SMILES string of the molecule is Cc1c(C2C=CC(Cl)=CC2)c2ccc(OC(F)(F)F)cc2n1Cc1cccc(OC(C)(C)C(=O)O)c1. The van der Waals surface area contributed by atoms with Crippen LogP contribution in [0.4, 0.5) is 13.2 Å². The van der Waals surface area contributed by atoms with Gasteiger partial charge in [-0.1, -0.05) is 35.9 Å². The fourth-order valence-corrected chi connectivity index (χ4v) is 4.55. The van der Waals surface area contributed by atoms with Crippen molar-refractivity contribution >= 4 is 28.5 Å². The molecule has 1 aliphatic carbocycles. The molecule has 190 valence electrons. The molecule has 0 saturated carbocycles. The van der Waals surface area contributed by atoms with Crippen molar-refractivity contribution in [1.29, 1.82) is 0 Å². The summed E-state index contributed by atoms with van der Waals surface area (Å²) in [7, 11) is 0. The highest BCUT2D eigenvalue weighted by Crippen LogP contribution is 2.39. The van der Waals surface area contributed by atoms with E-state index in [2.05, 4.69) is 4.74 Å². The topological polar surface area (TPSA) is 60.7 Å². The molecule has 1 heterocycles. The minimum atomic E-state index is -4.81. The third-order valence-electron chi connectivity index (χ3n) is 6.13. The Hall–Kier alpha value is -3.39. The minimum Gasteiger partial charge on any atom is -0.478 e. The first kappa shape index (κ1) is 25.7. The number of ether oxygens (including phenoxy) is 2. The highest BCUT2D eigenvalue weighted by atomic mass is 35.5. The third kappa shape index (κ3) is 5.54. The van der Waals surface area contributed by atoms with Gasteiger partial charge in [-0.05, 0) is 68.7 Å². The van der Waals surface area contributed by atoms with Crippen LogP contribution in [0.15, 0.2) is 65.7 Å². The number of carbonyl (C=O) groups is 1. The van der Waals surface area contributed by atoms with Crippen LogP contribution in [0.5, 0.6) is 11.5 Å². The summed E-state index contributed by atoms with van der Waals surface area (Å²) in [5.74, 6) is -1.01. The lowest BCUT2D eigenvalue weighted by Crippen LogP contribution is -2.37. The summed E-state index contributed by atoms with van der Waals surface area (Å²) in [5, 5.41) is 10.8. The fourth-order valence-electron chi connectivity index (χ4n) is 4.39. The Balaban J connectivity index is 1.78. The summed E-state index contributed by atoms with van der Waals surface area (Å²) in [4.78, 5) is 11.5. The zero-order valence-corrected chi connectivity index (χ0v) is 20.7. The predicted octanol–water partition coefficient (Wildman–Crippen LogP) is 7.30. The van der Waals surface area contributed by atoms with Crippen LogP contribution in [-0.4, -0.2) is 27.6 Å². The van der Waals surface area contributed by atoms with Gasteiger partial charge in [-0.25, -0.2) is 4.79 Å². The maximum absolute atomic E-state index is 12.9. The van der Waals surface area contributed by atoms with Gasteiger partial charge in [0.1, 0.15) is 11.5 Å². The van der Waals surface area contributed by atoms with E-state index < -0.39 is 17.9 Å². The molecule has 3 aromatic rings. The van der Waals surface area contributed by atoms with Crippen molar-refractivity contribution < 1.29 is 32.5 Å². The molecule has 36 heavy (non-hydrogen) atoms. The largest absolute Gasteiger partial charge is 0.573 e. The van der Waals surface area contributed by atoms with Gasteiger partial charge in [-0.3, -0.25) is 0 Å². The Morgan fingerprint density at radius 1 is 1.14 bits per heavy atom. The maximum Gasteiger partial charge on any atom is 0.573 e. The van der Waals surface area contributed by atoms with Gasteiger partial charge in [-0.2, -0.15) is 0 Å². The molecule has 0 fully saturated rings. The smallest absolute Gasteiger partial charge is 0.478 e. The van der Waals surface area contributed by atoms with Crippen molar-refractivity contribution in [2.45, 2.75) is 51.6 Å². The number of alkyl halides is 3. The number of hydrogen-bond donors (Lipinski definition) is 1. The number of fused-ring (bicyclic) bond motifs is 1. The van der Waals surface area contributed by atoms with E-state index in [1.807, 2.05) is 35.8 Å². The van der Waals surface area contributed by atoms with E-state index >= 15 is 0 Å². The second kappa shape index (κ2) is 9.58. The zero-order valence-electron chi connectivity index (χ0n) is 19.9. The standard InChI is InChI=1S/C27H25ClF3NO4/c1-16-24(18-7-9-19(28)10-8-18)22-12-11-21(36-27(29,30)31)14-23(22)32(16)15-17-5-4-6-20(13-17)35-26(2,3)25(33)34/h4-7,9-14,18H,8,15H2,1-3H3,(H,33,34). The molecule has 0 amide bonds. The second-order valence-corrected chi connectivity index (χ2v) is 9.60. The number of carboxylic acid groups (broad SMARTS) is 1. The van der Waals surface area contributed by atoms with Crippen LogP contribution in [0.3, 0.4) is 0 Å². The number of rotatable bonds is 7. The molecule has 4 rings (SSSR count). The second-order valence-electron chi connectivity index (χ2n) is 9.17. The number of benzene rings is 2. The van der Waals surface area contributed by atoms with Gasteiger partial charge in [0.25, 0.3) is 0 Å². The van der Waals surface area contributed by atoms with E-state index in [0.29, 0.717) is 29.3 Å². The van der Waals surface area contributed by atoms with Crippen molar-refractivity contribution in [3.8, 4) is 11.5 Å². The lowest BCUT2D eigenvalue weighted by atomic mass is 9.90. The molecule has 1 unspecified atom stereocenters. The minimum absolute atomic E-state index is 0.0108. The Labute approximate surface area is 211 Å². The fraction of sp³-hybridized carbons (Fsp3) is 0.296. The first-order chi connectivity index (χ1) is 16.8. The van der Waals surface area contributed by atoms with E-state index in [1.165, 1.54) is 26.0 Å². The Kier molecular flexibility index (Phi) is 6.84. The van der Waals surface area contributed by atoms with Gasteiger partial charge in [0.15, 0.2) is 5.60 Å². The van der Waals surface area contributed by atoms with E-state index in [1.54, 1.807) is 24.3 Å². The number of nitrogens with zero attached hydrogens (tertiary/aromatic N) is 1. The third-order valence-corrected chi connectivity index (χ3v) is 6.41. The first-order valence-electron chi connectivity index (χ1n) is 11.3. The molecule has 9 heteroatoms. The number of halogens is 4. The molecular formula is C27H25ClF3NO4. The van der Waals surface area contributed by atoms with Crippen LogP contribution in [0, 0.1) is 6.92 Å². The number of carboxylic acids is 1. The quantitative estimate of drug-likeness (QED) is 0.355. The van der Waals surface area contributed by atoms with Crippen LogP contribution in [0.25, 0.3) is 10.9 Å². The summed E-state index contributed by atoms with van der Waals surface area (Å²) < 4.78 is 50.6. The van der Waals surface area contributed by atoms with Crippen LogP contribution < -0.4 is 9.47 Å². The van der Waals surface area contributed by atoms with E-state index in [-0.39, 0.29) is 11.7 Å². The van der Waals surface area contributed by atoms with Crippen molar-refractivity contribution in [2.75, 3.05) is 0 Å². The normalized spacial score (nSPS) is 16.2. The van der Waals surface area contributed by atoms with Crippen molar-refractivity contribution in [1.82, 2.24) is 4.57 Å². The van der Waals surface area contributed by atoms with E-state index in [0.717, 1.165) is 22.2 Å². The Morgan fingerprint density at radius 3 is 2.50 bits per heavy atom.